The molecule has 0 bridgehead atoms. The van der Waals surface area contributed by atoms with Gasteiger partial charge in [-0.25, -0.2) is 0 Å². The summed E-state index contributed by atoms with van der Waals surface area (Å²) in [4.78, 5) is 18.5. The van der Waals surface area contributed by atoms with Crippen molar-refractivity contribution in [3.05, 3.63) is 35.9 Å². The van der Waals surface area contributed by atoms with Crippen molar-refractivity contribution in [1.29, 1.82) is 0 Å². The van der Waals surface area contributed by atoms with Gasteiger partial charge in [-0.15, -0.1) is 0 Å². The third-order valence-electron chi connectivity index (χ3n) is 4.82. The van der Waals surface area contributed by atoms with Gasteiger partial charge in [0.05, 0.1) is 0 Å². The largest absolute Gasteiger partial charge is 0.356 e. The van der Waals surface area contributed by atoms with Crippen molar-refractivity contribution >= 4 is 11.9 Å². The van der Waals surface area contributed by atoms with Crippen molar-refractivity contribution in [2.24, 2.45) is 10.9 Å². The van der Waals surface area contributed by atoms with E-state index in [1.165, 1.54) is 12.0 Å². The van der Waals surface area contributed by atoms with Gasteiger partial charge in [0, 0.05) is 39.1 Å². The minimum atomic E-state index is 0.0979. The molecule has 2 N–H and O–H groups in total. The Labute approximate surface area is 151 Å². The van der Waals surface area contributed by atoms with Crippen LogP contribution in [0.4, 0.5) is 0 Å². The first-order valence-electron chi connectivity index (χ1n) is 9.41. The summed E-state index contributed by atoms with van der Waals surface area (Å²) in [6, 6.07) is 10.9. The highest BCUT2D eigenvalue weighted by Crippen LogP contribution is 2.20. The second-order valence-corrected chi connectivity index (χ2v) is 6.89. The number of carbonyl (C=O) groups excluding carboxylic acids is 1. The van der Waals surface area contributed by atoms with Crippen LogP contribution in [0.1, 0.15) is 38.7 Å². The van der Waals surface area contributed by atoms with Crippen molar-refractivity contribution in [3.8, 4) is 0 Å². The van der Waals surface area contributed by atoms with E-state index >= 15 is 0 Å². The smallest absolute Gasteiger partial charge is 0.221 e. The average molecular weight is 345 g/mol. The normalized spacial score (nSPS) is 18.9. The van der Waals surface area contributed by atoms with Crippen LogP contribution in [-0.4, -0.2) is 49.5 Å². The Morgan fingerprint density at radius 2 is 2.12 bits per heavy atom. The number of guanidine groups is 1. The van der Waals surface area contributed by atoms with Gasteiger partial charge in [-0.1, -0.05) is 37.3 Å². The molecule has 0 saturated carbocycles. The first-order chi connectivity index (χ1) is 12.1. The first kappa shape index (κ1) is 19.3. The van der Waals surface area contributed by atoms with Crippen LogP contribution in [0.5, 0.6) is 0 Å². The maximum Gasteiger partial charge on any atom is 0.221 e. The number of nitrogens with zero attached hydrogens (tertiary/aromatic N) is 2. The second kappa shape index (κ2) is 10.1. The number of hydrogen-bond donors (Lipinski definition) is 2. The lowest BCUT2D eigenvalue weighted by Gasteiger charge is -2.22. The average Bonchev–Trinajstić information content (AvgIpc) is 3.07. The number of rotatable bonds is 7. The number of aliphatic imine (C=N–C) groups is 1. The predicted octanol–water partition coefficient (Wildman–Crippen LogP) is 2.43. The number of nitrogens with one attached hydrogen (secondary N) is 2. The third kappa shape index (κ3) is 6.40. The Morgan fingerprint density at radius 1 is 1.36 bits per heavy atom. The van der Waals surface area contributed by atoms with Crippen molar-refractivity contribution in [2.45, 2.75) is 45.6 Å². The lowest BCUT2D eigenvalue weighted by atomic mass is 9.99. The Bertz CT molecular complexity index is 558. The summed E-state index contributed by atoms with van der Waals surface area (Å²) in [5.41, 5.74) is 1.40. The van der Waals surface area contributed by atoms with E-state index in [-0.39, 0.29) is 11.9 Å². The molecule has 25 heavy (non-hydrogen) atoms. The number of carbonyl (C=O) groups is 1. The molecule has 1 amide bonds. The molecular weight excluding hydrogens is 312 g/mol. The van der Waals surface area contributed by atoms with E-state index < -0.39 is 0 Å². The van der Waals surface area contributed by atoms with Crippen LogP contribution in [0.15, 0.2) is 35.3 Å². The number of benzene rings is 1. The van der Waals surface area contributed by atoms with E-state index in [0.29, 0.717) is 18.9 Å². The highest BCUT2D eigenvalue weighted by atomic mass is 16.1. The molecule has 2 rings (SSSR count). The van der Waals surface area contributed by atoms with Crippen LogP contribution >= 0.6 is 0 Å². The van der Waals surface area contributed by atoms with Gasteiger partial charge < -0.3 is 15.5 Å². The summed E-state index contributed by atoms with van der Waals surface area (Å²) in [6.07, 6.45) is 3.73. The van der Waals surface area contributed by atoms with Crippen LogP contribution < -0.4 is 10.6 Å². The summed E-state index contributed by atoms with van der Waals surface area (Å²) in [6.45, 7) is 6.77. The topological polar surface area (TPSA) is 56.7 Å². The molecule has 0 radical (unpaired) electrons. The number of amides is 1. The van der Waals surface area contributed by atoms with Crippen LogP contribution in [0, 0.1) is 5.92 Å². The van der Waals surface area contributed by atoms with Crippen molar-refractivity contribution in [1.82, 2.24) is 15.5 Å². The zero-order chi connectivity index (χ0) is 18.1. The summed E-state index contributed by atoms with van der Waals surface area (Å²) < 4.78 is 0. The molecule has 5 heteroatoms. The maximum absolute atomic E-state index is 11.9. The summed E-state index contributed by atoms with van der Waals surface area (Å²) in [5.74, 6) is 1.67. The van der Waals surface area contributed by atoms with E-state index in [9.17, 15) is 4.79 Å². The van der Waals surface area contributed by atoms with Gasteiger partial charge in [0.2, 0.25) is 5.91 Å². The van der Waals surface area contributed by atoms with Gasteiger partial charge in [0.15, 0.2) is 5.96 Å². The van der Waals surface area contributed by atoms with Crippen LogP contribution in [-0.2, 0) is 11.2 Å². The van der Waals surface area contributed by atoms with Gasteiger partial charge in [-0.3, -0.25) is 9.79 Å². The molecule has 1 aliphatic rings. The van der Waals surface area contributed by atoms with Crippen molar-refractivity contribution in [3.63, 3.8) is 0 Å². The zero-order valence-corrected chi connectivity index (χ0v) is 15.8. The summed E-state index contributed by atoms with van der Waals surface area (Å²) >= 11 is 0. The van der Waals surface area contributed by atoms with Gasteiger partial charge in [-0.05, 0) is 37.7 Å². The fourth-order valence-electron chi connectivity index (χ4n) is 3.21. The molecule has 1 saturated heterocycles. The van der Waals surface area contributed by atoms with Crippen LogP contribution in [0.3, 0.4) is 0 Å². The Morgan fingerprint density at radius 3 is 2.80 bits per heavy atom. The lowest BCUT2D eigenvalue weighted by molar-refractivity contribution is -0.121. The molecule has 0 aromatic heterocycles. The molecule has 138 valence electrons. The van der Waals surface area contributed by atoms with Gasteiger partial charge in [0.25, 0.3) is 0 Å². The van der Waals surface area contributed by atoms with E-state index in [1.54, 1.807) is 0 Å². The molecule has 1 aliphatic heterocycles. The standard InChI is InChI=1S/C20H32N4O/c1-4-16(2)23-19(25)10-12-22-20(21-3)24-13-11-18(15-24)14-17-8-6-5-7-9-17/h5-9,16,18H,4,10-15H2,1-3H3,(H,21,22)(H,23,25). The SMILES string of the molecule is CCC(C)NC(=O)CCNC(=NC)N1CCC(Cc2ccccc2)C1. The highest BCUT2D eigenvalue weighted by Gasteiger charge is 2.24. The van der Waals surface area contributed by atoms with E-state index in [4.69, 9.17) is 0 Å². The maximum atomic E-state index is 11.9. The van der Waals surface area contributed by atoms with E-state index in [2.05, 4.69) is 57.8 Å². The molecule has 0 aliphatic carbocycles. The molecular formula is C20H32N4O. The molecule has 1 heterocycles. The predicted molar refractivity (Wildman–Crippen MR) is 104 cm³/mol. The van der Waals surface area contributed by atoms with Gasteiger partial charge in [0.1, 0.15) is 0 Å². The zero-order valence-electron chi connectivity index (χ0n) is 15.8. The van der Waals surface area contributed by atoms with E-state index in [1.807, 2.05) is 14.0 Å². The van der Waals surface area contributed by atoms with Crippen LogP contribution in [0.25, 0.3) is 0 Å². The molecule has 0 spiro atoms. The fourth-order valence-corrected chi connectivity index (χ4v) is 3.21. The second-order valence-electron chi connectivity index (χ2n) is 6.89. The number of hydrogen-bond acceptors (Lipinski definition) is 2. The summed E-state index contributed by atoms with van der Waals surface area (Å²) in [7, 11) is 1.81. The minimum absolute atomic E-state index is 0.0979. The quantitative estimate of drug-likeness (QED) is 0.590. The fraction of sp³-hybridized carbons (Fsp3) is 0.600. The van der Waals surface area contributed by atoms with Gasteiger partial charge in [-0.2, -0.15) is 0 Å². The Balaban J connectivity index is 1.73. The van der Waals surface area contributed by atoms with E-state index in [0.717, 1.165) is 31.9 Å². The van der Waals surface area contributed by atoms with Crippen molar-refractivity contribution < 1.29 is 4.79 Å². The highest BCUT2D eigenvalue weighted by molar-refractivity contribution is 5.81. The molecule has 2 unspecified atom stereocenters. The molecule has 1 fully saturated rings. The minimum Gasteiger partial charge on any atom is -0.356 e. The molecule has 2 atom stereocenters. The molecule has 1 aromatic rings. The van der Waals surface area contributed by atoms with Crippen LogP contribution in [0.2, 0.25) is 0 Å². The third-order valence-corrected chi connectivity index (χ3v) is 4.82. The monoisotopic (exact) mass is 344 g/mol. The Hall–Kier alpha value is -2.04. The number of likely N-dealkylation sites (tertiary alicyclic amines) is 1. The first-order valence-corrected chi connectivity index (χ1v) is 9.41. The van der Waals surface area contributed by atoms with Crippen molar-refractivity contribution in [2.75, 3.05) is 26.7 Å². The lowest BCUT2D eigenvalue weighted by Crippen LogP contribution is -2.42. The Kier molecular flexibility index (Phi) is 7.76. The summed E-state index contributed by atoms with van der Waals surface area (Å²) in [5, 5.41) is 6.33. The van der Waals surface area contributed by atoms with Gasteiger partial charge >= 0.3 is 0 Å². The molecule has 1 aromatic carbocycles. The molecule has 5 nitrogen and oxygen atoms in total.